The van der Waals surface area contributed by atoms with Crippen molar-refractivity contribution in [3.63, 3.8) is 0 Å². The molecule has 0 saturated carbocycles. The lowest BCUT2D eigenvalue weighted by Gasteiger charge is -2.11. The van der Waals surface area contributed by atoms with Crippen molar-refractivity contribution in [2.45, 2.75) is 25.6 Å². The van der Waals surface area contributed by atoms with Gasteiger partial charge >= 0.3 is 0 Å². The molecule has 0 radical (unpaired) electrons. The van der Waals surface area contributed by atoms with Gasteiger partial charge in [0.05, 0.1) is 19.3 Å². The highest BCUT2D eigenvalue weighted by molar-refractivity contribution is 5.16. The van der Waals surface area contributed by atoms with Crippen LogP contribution in [0.15, 0.2) is 24.3 Å². The Morgan fingerprint density at radius 2 is 2.28 bits per heavy atom. The fraction of sp³-hybridized carbons (Fsp3) is 0.571. The number of benzene rings is 1. The van der Waals surface area contributed by atoms with Crippen LogP contribution in [0.4, 0.5) is 4.39 Å². The summed E-state index contributed by atoms with van der Waals surface area (Å²) in [5.41, 5.74) is 0.608. The molecule has 1 N–H and O–H groups in total. The van der Waals surface area contributed by atoms with Gasteiger partial charge in [0.2, 0.25) is 0 Å². The molecular weight excluding hydrogens is 233 g/mol. The van der Waals surface area contributed by atoms with Crippen molar-refractivity contribution in [1.82, 2.24) is 5.32 Å². The van der Waals surface area contributed by atoms with Gasteiger partial charge in [0.1, 0.15) is 5.82 Å². The van der Waals surface area contributed by atoms with Gasteiger partial charge in [0, 0.05) is 25.3 Å². The van der Waals surface area contributed by atoms with E-state index in [-0.39, 0.29) is 5.82 Å². The minimum Gasteiger partial charge on any atom is -0.377 e. The molecule has 1 atom stereocenters. The molecule has 2 rings (SSSR count). The molecule has 1 unspecified atom stereocenters. The summed E-state index contributed by atoms with van der Waals surface area (Å²) in [4.78, 5) is 0. The summed E-state index contributed by atoms with van der Waals surface area (Å²) in [6.45, 7) is 3.45. The second-order valence-electron chi connectivity index (χ2n) is 4.48. The van der Waals surface area contributed by atoms with E-state index < -0.39 is 0 Å². The van der Waals surface area contributed by atoms with Gasteiger partial charge in [-0.25, -0.2) is 4.39 Å². The van der Waals surface area contributed by atoms with Crippen LogP contribution in [0.3, 0.4) is 0 Å². The lowest BCUT2D eigenvalue weighted by atomic mass is 10.2. The Labute approximate surface area is 107 Å². The van der Waals surface area contributed by atoms with Crippen LogP contribution in [0.25, 0.3) is 0 Å². The SMILES string of the molecule is Fc1ccccc1COCCNCC1CCCO1. The molecule has 4 heteroatoms. The lowest BCUT2D eigenvalue weighted by Crippen LogP contribution is -2.29. The molecule has 0 aromatic heterocycles. The number of ether oxygens (including phenoxy) is 2. The molecule has 18 heavy (non-hydrogen) atoms. The monoisotopic (exact) mass is 253 g/mol. The van der Waals surface area contributed by atoms with Crippen molar-refractivity contribution < 1.29 is 13.9 Å². The molecule has 1 heterocycles. The lowest BCUT2D eigenvalue weighted by molar-refractivity contribution is 0.0978. The zero-order valence-corrected chi connectivity index (χ0v) is 10.5. The zero-order valence-electron chi connectivity index (χ0n) is 10.5. The first kappa shape index (κ1) is 13.5. The minimum absolute atomic E-state index is 0.204. The summed E-state index contributed by atoms with van der Waals surface area (Å²) in [6, 6.07) is 6.70. The van der Waals surface area contributed by atoms with Gasteiger partial charge in [0.15, 0.2) is 0 Å². The van der Waals surface area contributed by atoms with Crippen LogP contribution >= 0.6 is 0 Å². The van der Waals surface area contributed by atoms with Crippen molar-refractivity contribution in [2.75, 3.05) is 26.3 Å². The van der Waals surface area contributed by atoms with E-state index in [1.165, 1.54) is 6.07 Å². The highest BCUT2D eigenvalue weighted by Crippen LogP contribution is 2.10. The third-order valence-corrected chi connectivity index (χ3v) is 3.03. The van der Waals surface area contributed by atoms with Crippen molar-refractivity contribution in [3.05, 3.63) is 35.6 Å². The molecule has 1 aliphatic rings. The number of halogens is 1. The maximum absolute atomic E-state index is 13.3. The maximum atomic E-state index is 13.3. The van der Waals surface area contributed by atoms with E-state index in [0.717, 1.165) is 32.5 Å². The van der Waals surface area contributed by atoms with Crippen LogP contribution in [-0.2, 0) is 16.1 Å². The topological polar surface area (TPSA) is 30.5 Å². The van der Waals surface area contributed by atoms with Gasteiger partial charge in [-0.2, -0.15) is 0 Å². The number of rotatable bonds is 7. The van der Waals surface area contributed by atoms with Gasteiger partial charge < -0.3 is 14.8 Å². The summed E-state index contributed by atoms with van der Waals surface area (Å²) in [7, 11) is 0. The Hall–Kier alpha value is -0.970. The van der Waals surface area contributed by atoms with Crippen LogP contribution in [-0.4, -0.2) is 32.4 Å². The Bertz CT molecular complexity index is 353. The van der Waals surface area contributed by atoms with Crippen molar-refractivity contribution in [1.29, 1.82) is 0 Å². The van der Waals surface area contributed by atoms with Crippen LogP contribution in [0.1, 0.15) is 18.4 Å². The summed E-state index contributed by atoms with van der Waals surface area (Å²) < 4.78 is 24.2. The Morgan fingerprint density at radius 3 is 3.06 bits per heavy atom. The molecule has 1 aromatic rings. The standard InChI is InChI=1S/C14H20FNO2/c15-14-6-2-1-4-12(14)11-17-9-7-16-10-13-5-3-8-18-13/h1-2,4,6,13,16H,3,5,7-11H2. The first-order chi connectivity index (χ1) is 8.86. The second-order valence-corrected chi connectivity index (χ2v) is 4.48. The highest BCUT2D eigenvalue weighted by atomic mass is 19.1. The predicted molar refractivity (Wildman–Crippen MR) is 67.9 cm³/mol. The Kier molecular flexibility index (Phi) is 5.58. The van der Waals surface area contributed by atoms with Crippen LogP contribution in [0, 0.1) is 5.82 Å². The summed E-state index contributed by atoms with van der Waals surface area (Å²) in [6.07, 6.45) is 2.66. The number of nitrogens with one attached hydrogen (secondary N) is 1. The normalized spacial score (nSPS) is 19.3. The molecular formula is C14H20FNO2. The maximum Gasteiger partial charge on any atom is 0.128 e. The third kappa shape index (κ3) is 4.37. The van der Waals surface area contributed by atoms with Crippen molar-refractivity contribution >= 4 is 0 Å². The molecule has 1 aliphatic heterocycles. The van der Waals surface area contributed by atoms with Gasteiger partial charge in [0.25, 0.3) is 0 Å². The first-order valence-corrected chi connectivity index (χ1v) is 6.50. The second kappa shape index (κ2) is 7.46. The predicted octanol–water partition coefficient (Wildman–Crippen LogP) is 2.11. The van der Waals surface area contributed by atoms with E-state index in [1.807, 2.05) is 6.07 Å². The van der Waals surface area contributed by atoms with Crippen molar-refractivity contribution in [3.8, 4) is 0 Å². The first-order valence-electron chi connectivity index (χ1n) is 6.50. The third-order valence-electron chi connectivity index (χ3n) is 3.03. The molecule has 0 aliphatic carbocycles. The fourth-order valence-corrected chi connectivity index (χ4v) is 2.01. The van der Waals surface area contributed by atoms with E-state index >= 15 is 0 Å². The summed E-state index contributed by atoms with van der Waals surface area (Å²) >= 11 is 0. The Morgan fingerprint density at radius 1 is 1.39 bits per heavy atom. The smallest absolute Gasteiger partial charge is 0.128 e. The minimum atomic E-state index is -0.204. The highest BCUT2D eigenvalue weighted by Gasteiger charge is 2.14. The van der Waals surface area contributed by atoms with E-state index in [4.69, 9.17) is 9.47 Å². The zero-order chi connectivity index (χ0) is 12.6. The van der Waals surface area contributed by atoms with E-state index in [2.05, 4.69) is 5.32 Å². The van der Waals surface area contributed by atoms with Crippen LogP contribution in [0.2, 0.25) is 0 Å². The molecule has 0 amide bonds. The van der Waals surface area contributed by atoms with E-state index in [9.17, 15) is 4.39 Å². The summed E-state index contributed by atoms with van der Waals surface area (Å²) in [5, 5.41) is 3.28. The largest absolute Gasteiger partial charge is 0.377 e. The van der Waals surface area contributed by atoms with Gasteiger partial charge in [-0.15, -0.1) is 0 Å². The molecule has 1 fully saturated rings. The molecule has 100 valence electrons. The van der Waals surface area contributed by atoms with Gasteiger partial charge in [-0.3, -0.25) is 0 Å². The fourth-order valence-electron chi connectivity index (χ4n) is 2.01. The quantitative estimate of drug-likeness (QED) is 0.755. The van der Waals surface area contributed by atoms with Crippen LogP contribution in [0.5, 0.6) is 0 Å². The number of hydrogen-bond donors (Lipinski definition) is 1. The molecule has 3 nitrogen and oxygen atoms in total. The molecule has 0 bridgehead atoms. The van der Waals surface area contributed by atoms with E-state index in [0.29, 0.717) is 24.9 Å². The molecule has 0 spiro atoms. The molecule has 1 aromatic carbocycles. The van der Waals surface area contributed by atoms with Gasteiger partial charge in [-0.1, -0.05) is 18.2 Å². The van der Waals surface area contributed by atoms with Crippen LogP contribution < -0.4 is 5.32 Å². The average molecular weight is 253 g/mol. The van der Waals surface area contributed by atoms with Gasteiger partial charge in [-0.05, 0) is 18.9 Å². The summed E-state index contributed by atoms with van der Waals surface area (Å²) in [5.74, 6) is -0.204. The Balaban J connectivity index is 1.52. The van der Waals surface area contributed by atoms with E-state index in [1.54, 1.807) is 12.1 Å². The average Bonchev–Trinajstić information content (AvgIpc) is 2.89. The van der Waals surface area contributed by atoms with Crippen molar-refractivity contribution in [2.24, 2.45) is 0 Å². The molecule has 1 saturated heterocycles. The number of hydrogen-bond acceptors (Lipinski definition) is 3.